The zero-order valence-electron chi connectivity index (χ0n) is 25.2. The Kier molecular flexibility index (Phi) is 6.09. The Labute approximate surface area is 270 Å². The van der Waals surface area contributed by atoms with Crippen LogP contribution in [0.15, 0.2) is 158 Å². The van der Waals surface area contributed by atoms with Crippen molar-refractivity contribution in [1.29, 1.82) is 0 Å². The van der Waals surface area contributed by atoms with Gasteiger partial charge in [0.25, 0.3) is 0 Å². The summed E-state index contributed by atoms with van der Waals surface area (Å²) < 4.78 is 4.41. The van der Waals surface area contributed by atoms with E-state index in [0.717, 1.165) is 72.3 Å². The number of aromatic nitrogens is 4. The van der Waals surface area contributed by atoms with Crippen LogP contribution >= 0.6 is 0 Å². The van der Waals surface area contributed by atoms with E-state index in [0.29, 0.717) is 5.69 Å². The number of anilines is 3. The summed E-state index contributed by atoms with van der Waals surface area (Å²) in [5, 5.41) is 4.39. The van der Waals surface area contributed by atoms with Crippen molar-refractivity contribution in [3.8, 4) is 11.6 Å². The summed E-state index contributed by atoms with van der Waals surface area (Å²) in [5.74, 6) is 1.68. The molecule has 0 aliphatic carbocycles. The van der Waals surface area contributed by atoms with Crippen LogP contribution in [0, 0.1) is 6.57 Å². The quantitative estimate of drug-likeness (QED) is 0.184. The smallest absolute Gasteiger partial charge is 0.211 e. The fraction of sp³-hybridized carbons (Fsp3) is 0. The molecule has 6 nitrogen and oxygen atoms in total. The summed E-state index contributed by atoms with van der Waals surface area (Å²) in [6.07, 6.45) is 3.64. The Hall–Kier alpha value is -6.71. The maximum atomic E-state index is 8.37. The van der Waals surface area contributed by atoms with Crippen molar-refractivity contribution < 1.29 is 0 Å². The third-order valence-electron chi connectivity index (χ3n) is 8.82. The molecule has 0 aliphatic rings. The average molecular weight is 603 g/mol. The van der Waals surface area contributed by atoms with E-state index in [-0.39, 0.29) is 0 Å². The lowest BCUT2D eigenvalue weighted by molar-refractivity contribution is 1.08. The van der Waals surface area contributed by atoms with Crippen LogP contribution in [0.5, 0.6) is 0 Å². The Morgan fingerprint density at radius 2 is 1.02 bits per heavy atom. The monoisotopic (exact) mass is 602 g/mol. The summed E-state index contributed by atoms with van der Waals surface area (Å²) in [5.41, 5.74) is 7.41. The first-order valence-electron chi connectivity index (χ1n) is 15.5. The number of rotatable bonds is 5. The van der Waals surface area contributed by atoms with Gasteiger partial charge in [0.2, 0.25) is 5.69 Å². The van der Waals surface area contributed by atoms with Gasteiger partial charge in [-0.3, -0.25) is 9.13 Å². The average Bonchev–Trinajstić information content (AvgIpc) is 3.64. The molecular weight excluding hydrogens is 576 g/mol. The maximum Gasteiger partial charge on any atom is 0.211 e. The molecule has 0 radical (unpaired) electrons. The molecule has 220 valence electrons. The fourth-order valence-electron chi connectivity index (χ4n) is 6.83. The van der Waals surface area contributed by atoms with Gasteiger partial charge < -0.3 is 4.90 Å². The van der Waals surface area contributed by atoms with Crippen molar-refractivity contribution >= 4 is 66.4 Å². The van der Waals surface area contributed by atoms with Gasteiger partial charge in [0.05, 0.1) is 34.3 Å². The van der Waals surface area contributed by atoms with Crippen LogP contribution < -0.4 is 4.90 Å². The lowest BCUT2D eigenvalue weighted by Gasteiger charge is -2.27. The van der Waals surface area contributed by atoms with Gasteiger partial charge in [0.15, 0.2) is 0 Å². The molecule has 0 amide bonds. The van der Waals surface area contributed by atoms with Gasteiger partial charge in [-0.15, -0.1) is 0 Å². The summed E-state index contributed by atoms with van der Waals surface area (Å²) in [6.45, 7) is 8.37. The fourth-order valence-corrected chi connectivity index (χ4v) is 6.83. The standard InChI is InChI=1S/C41H26N6/c1-42-34-26-33-31-16-6-8-18-36(31)47(41-20-10-12-24-44-41)38(33)27-39(34)45(28-13-3-2-4-14-28)29-21-22-32-30-15-5-7-17-35(30)46(37(32)25-29)40-19-9-11-23-43-40/h2-27H. The molecule has 47 heavy (non-hydrogen) atoms. The highest BCUT2D eigenvalue weighted by molar-refractivity contribution is 6.13. The van der Waals surface area contributed by atoms with Crippen molar-refractivity contribution in [2.45, 2.75) is 0 Å². The molecular formula is C41H26N6. The molecule has 0 fully saturated rings. The third kappa shape index (κ3) is 4.18. The van der Waals surface area contributed by atoms with E-state index in [9.17, 15) is 0 Å². The summed E-state index contributed by atoms with van der Waals surface area (Å²) in [4.78, 5) is 15.8. The Morgan fingerprint density at radius 3 is 1.64 bits per heavy atom. The predicted molar refractivity (Wildman–Crippen MR) is 192 cm³/mol. The molecule has 0 saturated carbocycles. The highest BCUT2D eigenvalue weighted by Gasteiger charge is 2.22. The molecule has 5 aromatic carbocycles. The third-order valence-corrected chi connectivity index (χ3v) is 8.82. The topological polar surface area (TPSA) is 43.2 Å². The van der Waals surface area contributed by atoms with Crippen molar-refractivity contribution in [2.75, 3.05) is 4.90 Å². The minimum atomic E-state index is 0.565. The van der Waals surface area contributed by atoms with Crippen molar-refractivity contribution in [2.24, 2.45) is 0 Å². The molecule has 0 N–H and O–H groups in total. The molecule has 0 saturated heterocycles. The normalized spacial score (nSPS) is 11.4. The van der Waals surface area contributed by atoms with E-state index in [1.54, 1.807) is 0 Å². The minimum Gasteiger partial charge on any atom is -0.320 e. The SMILES string of the molecule is [C-]#[N+]c1cc2c3ccccc3n(-c3ccccn3)c2cc1N(c1ccccc1)c1ccc2c3ccccc3n(-c3ccccn3)c2c1. The summed E-state index contributed by atoms with van der Waals surface area (Å²) in [6, 6.07) is 49.7. The number of pyridine rings is 2. The van der Waals surface area contributed by atoms with Crippen LogP contribution in [0.3, 0.4) is 0 Å². The first-order chi connectivity index (χ1) is 23.3. The first-order valence-corrected chi connectivity index (χ1v) is 15.5. The van der Waals surface area contributed by atoms with E-state index in [2.05, 4.69) is 91.7 Å². The van der Waals surface area contributed by atoms with Crippen LogP contribution in [0.4, 0.5) is 22.7 Å². The second-order valence-electron chi connectivity index (χ2n) is 11.4. The highest BCUT2D eigenvalue weighted by atomic mass is 15.2. The van der Waals surface area contributed by atoms with E-state index in [1.165, 1.54) is 0 Å². The number of benzene rings is 5. The van der Waals surface area contributed by atoms with Crippen molar-refractivity contribution in [3.63, 3.8) is 0 Å². The van der Waals surface area contributed by atoms with Crippen LogP contribution in [-0.4, -0.2) is 19.1 Å². The van der Waals surface area contributed by atoms with Gasteiger partial charge in [0, 0.05) is 39.9 Å². The molecule has 0 unspecified atom stereocenters. The lowest BCUT2D eigenvalue weighted by Crippen LogP contribution is -2.10. The summed E-state index contributed by atoms with van der Waals surface area (Å²) in [7, 11) is 0. The highest BCUT2D eigenvalue weighted by Crippen LogP contribution is 2.46. The maximum absolute atomic E-state index is 8.37. The predicted octanol–water partition coefficient (Wildman–Crippen LogP) is 10.7. The Morgan fingerprint density at radius 1 is 0.468 bits per heavy atom. The van der Waals surface area contributed by atoms with Gasteiger partial charge in [-0.05, 0) is 78.2 Å². The summed E-state index contributed by atoms with van der Waals surface area (Å²) >= 11 is 0. The van der Waals surface area contributed by atoms with Crippen LogP contribution in [-0.2, 0) is 0 Å². The zero-order valence-corrected chi connectivity index (χ0v) is 25.2. The van der Waals surface area contributed by atoms with Gasteiger partial charge in [-0.2, -0.15) is 0 Å². The zero-order chi connectivity index (χ0) is 31.3. The lowest BCUT2D eigenvalue weighted by atomic mass is 10.1. The molecule has 4 heterocycles. The van der Waals surface area contributed by atoms with Gasteiger partial charge in [-0.1, -0.05) is 72.8 Å². The van der Waals surface area contributed by atoms with E-state index >= 15 is 0 Å². The molecule has 0 atom stereocenters. The van der Waals surface area contributed by atoms with E-state index in [4.69, 9.17) is 16.5 Å². The first kappa shape index (κ1) is 26.7. The number of para-hydroxylation sites is 3. The van der Waals surface area contributed by atoms with Crippen molar-refractivity contribution in [3.05, 3.63) is 169 Å². The second-order valence-corrected chi connectivity index (χ2v) is 11.4. The molecule has 9 aromatic rings. The molecule has 9 rings (SSSR count). The molecule has 0 aliphatic heterocycles. The number of fused-ring (bicyclic) bond motifs is 6. The van der Waals surface area contributed by atoms with Crippen LogP contribution in [0.25, 0.3) is 60.1 Å². The number of hydrogen-bond acceptors (Lipinski definition) is 3. The molecule has 0 bridgehead atoms. The number of hydrogen-bond donors (Lipinski definition) is 0. The van der Waals surface area contributed by atoms with Gasteiger partial charge in [-0.25, -0.2) is 14.8 Å². The Bertz CT molecular complexity index is 2630. The molecule has 4 aromatic heterocycles. The minimum absolute atomic E-state index is 0.565. The molecule has 0 spiro atoms. The van der Waals surface area contributed by atoms with E-state index < -0.39 is 0 Å². The largest absolute Gasteiger partial charge is 0.320 e. The van der Waals surface area contributed by atoms with Crippen LogP contribution in [0.1, 0.15) is 0 Å². The van der Waals surface area contributed by atoms with Crippen LogP contribution in [0.2, 0.25) is 0 Å². The Balaban J connectivity index is 1.36. The second kappa shape index (κ2) is 10.7. The van der Waals surface area contributed by atoms with Gasteiger partial charge in [0.1, 0.15) is 11.6 Å². The van der Waals surface area contributed by atoms with Gasteiger partial charge >= 0.3 is 0 Å². The van der Waals surface area contributed by atoms with Crippen molar-refractivity contribution in [1.82, 2.24) is 19.1 Å². The number of nitrogens with zero attached hydrogens (tertiary/aromatic N) is 6. The van der Waals surface area contributed by atoms with E-state index in [1.807, 2.05) is 85.2 Å². The molecule has 6 heteroatoms.